The largest absolute Gasteiger partial charge is 0.328 e. The van der Waals surface area contributed by atoms with E-state index in [0.717, 1.165) is 45.5 Å². The van der Waals surface area contributed by atoms with E-state index in [1.165, 1.54) is 50.3 Å². The van der Waals surface area contributed by atoms with Crippen LogP contribution in [0.15, 0.2) is 30.9 Å². The van der Waals surface area contributed by atoms with Crippen LogP contribution in [0, 0.1) is 6.92 Å². The maximum Gasteiger partial charge on any atom is 0.180 e. The number of likely N-dealkylation sites (tertiary alicyclic amines) is 1. The molecule has 5 rings (SSSR count). The molecule has 8 nitrogen and oxygen atoms in total. The molecule has 0 radical (unpaired) electrons. The van der Waals surface area contributed by atoms with E-state index in [9.17, 15) is 0 Å². The maximum atomic E-state index is 4.81. The molecular weight excluding hydrogens is 408 g/mol. The molecule has 4 aromatic heterocycles. The van der Waals surface area contributed by atoms with Crippen molar-refractivity contribution in [3.05, 3.63) is 42.2 Å². The summed E-state index contributed by atoms with van der Waals surface area (Å²) < 4.78 is 6.87. The molecule has 1 aliphatic rings. The lowest BCUT2D eigenvalue weighted by Gasteiger charge is -2.28. The van der Waals surface area contributed by atoms with Gasteiger partial charge in [0.15, 0.2) is 11.5 Å². The fourth-order valence-electron chi connectivity index (χ4n) is 4.48. The van der Waals surface area contributed by atoms with Crippen molar-refractivity contribution in [3.8, 4) is 11.3 Å². The van der Waals surface area contributed by atoms with Gasteiger partial charge in [0.1, 0.15) is 5.00 Å². The summed E-state index contributed by atoms with van der Waals surface area (Å²) in [6, 6.07) is 2.57. The van der Waals surface area contributed by atoms with Crippen molar-refractivity contribution in [1.29, 1.82) is 0 Å². The van der Waals surface area contributed by atoms with Crippen LogP contribution in [0.2, 0.25) is 0 Å². The highest BCUT2D eigenvalue weighted by molar-refractivity contribution is 7.10. The summed E-state index contributed by atoms with van der Waals surface area (Å²) in [6.07, 6.45) is 13.9. The number of imidazole rings is 1. The number of rotatable bonds is 6. The summed E-state index contributed by atoms with van der Waals surface area (Å²) in [4.78, 5) is 12.0. The lowest BCUT2D eigenvalue weighted by molar-refractivity contribution is 0.197. The summed E-state index contributed by atoms with van der Waals surface area (Å²) in [5.41, 5.74) is 4.83. The molecule has 2 N–H and O–H groups in total. The van der Waals surface area contributed by atoms with Gasteiger partial charge in [-0.1, -0.05) is 19.8 Å². The molecule has 0 aromatic carbocycles. The van der Waals surface area contributed by atoms with Crippen molar-refractivity contribution in [2.24, 2.45) is 0 Å². The second-order valence-corrected chi connectivity index (χ2v) is 8.98. The van der Waals surface area contributed by atoms with Crippen LogP contribution in [0.3, 0.4) is 0 Å². The van der Waals surface area contributed by atoms with Gasteiger partial charge in [-0.05, 0) is 56.9 Å². The van der Waals surface area contributed by atoms with Gasteiger partial charge in [0.2, 0.25) is 0 Å². The van der Waals surface area contributed by atoms with Crippen molar-refractivity contribution in [2.75, 3.05) is 18.4 Å². The van der Waals surface area contributed by atoms with Gasteiger partial charge in [-0.2, -0.15) is 9.47 Å². The molecule has 0 saturated carbocycles. The molecule has 5 heterocycles. The molecule has 1 unspecified atom stereocenters. The first kappa shape index (κ1) is 20.1. The zero-order chi connectivity index (χ0) is 21.2. The molecule has 1 fully saturated rings. The van der Waals surface area contributed by atoms with Gasteiger partial charge in [0.05, 0.1) is 35.5 Å². The van der Waals surface area contributed by atoms with E-state index in [-0.39, 0.29) is 0 Å². The van der Waals surface area contributed by atoms with Crippen molar-refractivity contribution < 1.29 is 0 Å². The van der Waals surface area contributed by atoms with Crippen LogP contribution in [-0.2, 0) is 0 Å². The predicted octanol–water partition coefficient (Wildman–Crippen LogP) is 4.96. The van der Waals surface area contributed by atoms with Gasteiger partial charge in [-0.25, -0.2) is 9.97 Å². The van der Waals surface area contributed by atoms with Crippen molar-refractivity contribution in [3.63, 3.8) is 0 Å². The normalized spacial score (nSPS) is 16.5. The van der Waals surface area contributed by atoms with E-state index in [4.69, 9.17) is 9.36 Å². The third-order valence-electron chi connectivity index (χ3n) is 5.99. The minimum atomic E-state index is 0.384. The van der Waals surface area contributed by atoms with Gasteiger partial charge < -0.3 is 5.32 Å². The standard InChI is InChI=1S/C22H28N8S/c1-3-18(29-8-6-4-5-7-9-29)17-10-20(31-28-17)27-21-22-23-13-19(16-11-24-25-12-16)30(22)14-15(2)26-21/h10-14,18H,3-9H2,1-2H3,(H,24,25)(H,26,27). The quantitative estimate of drug-likeness (QED) is 0.444. The summed E-state index contributed by atoms with van der Waals surface area (Å²) in [5, 5.41) is 11.4. The second-order valence-electron chi connectivity index (χ2n) is 8.17. The van der Waals surface area contributed by atoms with E-state index in [2.05, 4.69) is 42.8 Å². The smallest absolute Gasteiger partial charge is 0.180 e. The Hall–Kier alpha value is -2.78. The highest BCUT2D eigenvalue weighted by Crippen LogP contribution is 2.32. The number of H-pyrrole nitrogens is 1. The molecule has 1 atom stereocenters. The molecule has 4 aromatic rings. The van der Waals surface area contributed by atoms with Gasteiger partial charge in [-0.3, -0.25) is 14.4 Å². The average molecular weight is 437 g/mol. The van der Waals surface area contributed by atoms with E-state index in [0.29, 0.717) is 6.04 Å². The van der Waals surface area contributed by atoms with E-state index in [1.54, 1.807) is 6.20 Å². The number of aromatic nitrogens is 6. The van der Waals surface area contributed by atoms with Crippen LogP contribution in [-0.4, -0.2) is 46.9 Å². The minimum Gasteiger partial charge on any atom is -0.328 e. The third-order valence-corrected chi connectivity index (χ3v) is 6.70. The van der Waals surface area contributed by atoms with Gasteiger partial charge in [0, 0.05) is 18.0 Å². The number of aromatic amines is 1. The third kappa shape index (κ3) is 4.07. The Bertz CT molecular complexity index is 1140. The molecule has 0 bridgehead atoms. The zero-order valence-electron chi connectivity index (χ0n) is 18.0. The first-order chi connectivity index (χ1) is 15.2. The Balaban J connectivity index is 1.42. The molecule has 0 amide bonds. The van der Waals surface area contributed by atoms with E-state index in [1.807, 2.05) is 25.5 Å². The number of hydrogen-bond acceptors (Lipinski definition) is 7. The predicted molar refractivity (Wildman–Crippen MR) is 124 cm³/mol. The molecule has 31 heavy (non-hydrogen) atoms. The van der Waals surface area contributed by atoms with Crippen molar-refractivity contribution in [1.82, 2.24) is 33.8 Å². The number of fused-ring (bicyclic) bond motifs is 1. The number of aryl methyl sites for hydroxylation is 1. The van der Waals surface area contributed by atoms with E-state index >= 15 is 0 Å². The first-order valence-electron chi connectivity index (χ1n) is 11.0. The highest BCUT2D eigenvalue weighted by Gasteiger charge is 2.23. The summed E-state index contributed by atoms with van der Waals surface area (Å²) >= 11 is 1.50. The number of nitrogens with zero attached hydrogens (tertiary/aromatic N) is 6. The summed E-state index contributed by atoms with van der Waals surface area (Å²) in [6.45, 7) is 6.59. The lowest BCUT2D eigenvalue weighted by atomic mass is 10.1. The zero-order valence-corrected chi connectivity index (χ0v) is 18.8. The second kappa shape index (κ2) is 8.76. The highest BCUT2D eigenvalue weighted by atomic mass is 32.1. The molecule has 1 saturated heterocycles. The van der Waals surface area contributed by atoms with Crippen LogP contribution in [0.5, 0.6) is 0 Å². The Kier molecular flexibility index (Phi) is 5.69. The molecule has 1 aliphatic heterocycles. The molecule has 0 spiro atoms. The van der Waals surface area contributed by atoms with Crippen LogP contribution < -0.4 is 5.32 Å². The van der Waals surface area contributed by atoms with Gasteiger partial charge in [0.25, 0.3) is 0 Å². The maximum absolute atomic E-state index is 4.81. The fraction of sp³-hybridized carbons (Fsp3) is 0.455. The fourth-order valence-corrected chi connectivity index (χ4v) is 5.17. The lowest BCUT2D eigenvalue weighted by Crippen LogP contribution is -2.29. The molecular formula is C22H28N8S. The van der Waals surface area contributed by atoms with Crippen LogP contribution >= 0.6 is 11.5 Å². The molecule has 0 aliphatic carbocycles. The van der Waals surface area contributed by atoms with Gasteiger partial charge >= 0.3 is 0 Å². The SMILES string of the molecule is CCC(c1cc(Nc2nc(C)cn3c(-c4cn[nH]c4)cnc23)sn1)N1CCCCCC1. The van der Waals surface area contributed by atoms with Crippen molar-refractivity contribution in [2.45, 2.75) is 52.0 Å². The summed E-state index contributed by atoms with van der Waals surface area (Å²) in [7, 11) is 0. The minimum absolute atomic E-state index is 0.384. The number of hydrogen-bond donors (Lipinski definition) is 2. The number of anilines is 2. The van der Waals surface area contributed by atoms with Crippen molar-refractivity contribution >= 4 is 28.0 Å². The Morgan fingerprint density at radius 3 is 2.77 bits per heavy atom. The topological polar surface area (TPSA) is 87.0 Å². The monoisotopic (exact) mass is 436 g/mol. The number of nitrogens with one attached hydrogen (secondary N) is 2. The molecule has 9 heteroatoms. The van der Waals surface area contributed by atoms with Crippen LogP contribution in [0.25, 0.3) is 16.9 Å². The van der Waals surface area contributed by atoms with Gasteiger partial charge in [-0.15, -0.1) is 0 Å². The summed E-state index contributed by atoms with van der Waals surface area (Å²) in [5.74, 6) is 0.743. The van der Waals surface area contributed by atoms with Crippen LogP contribution in [0.4, 0.5) is 10.8 Å². The molecule has 162 valence electrons. The van der Waals surface area contributed by atoms with E-state index < -0.39 is 0 Å². The first-order valence-corrected chi connectivity index (χ1v) is 11.8. The Morgan fingerprint density at radius 2 is 2.03 bits per heavy atom. The Morgan fingerprint density at radius 1 is 1.19 bits per heavy atom. The Labute approximate surface area is 185 Å². The average Bonchev–Trinajstić information content (AvgIpc) is 3.48. The van der Waals surface area contributed by atoms with Crippen LogP contribution in [0.1, 0.15) is 56.5 Å².